The lowest BCUT2D eigenvalue weighted by Gasteiger charge is -2.31. The summed E-state index contributed by atoms with van der Waals surface area (Å²) in [4.78, 5) is 14.8. The van der Waals surface area contributed by atoms with Crippen molar-refractivity contribution in [1.29, 1.82) is 0 Å². The highest BCUT2D eigenvalue weighted by Crippen LogP contribution is 2.33. The van der Waals surface area contributed by atoms with Crippen molar-refractivity contribution in [2.75, 3.05) is 20.2 Å². The minimum atomic E-state index is 0.0256. The van der Waals surface area contributed by atoms with E-state index in [2.05, 4.69) is 22.3 Å². The molecule has 0 aromatic heterocycles. The van der Waals surface area contributed by atoms with Gasteiger partial charge in [0, 0.05) is 6.54 Å². The number of likely N-dealkylation sites (tertiary alicyclic amines) is 1. The van der Waals surface area contributed by atoms with Crippen LogP contribution in [0.5, 0.6) is 5.75 Å². The van der Waals surface area contributed by atoms with Crippen molar-refractivity contribution in [1.82, 2.24) is 10.2 Å². The van der Waals surface area contributed by atoms with Gasteiger partial charge in [-0.15, -0.1) is 0 Å². The third-order valence-electron chi connectivity index (χ3n) is 4.64. The molecule has 3 rings (SSSR count). The van der Waals surface area contributed by atoms with E-state index >= 15 is 0 Å². The smallest absolute Gasteiger partial charge is 0.240 e. The number of piperidine rings is 1. The molecule has 2 saturated heterocycles. The predicted molar refractivity (Wildman–Crippen MR) is 82.3 cm³/mol. The zero-order valence-electron chi connectivity index (χ0n) is 12.7. The molecular weight excluding hydrogens is 264 g/mol. The maximum Gasteiger partial charge on any atom is 0.240 e. The van der Waals surface area contributed by atoms with Gasteiger partial charge >= 0.3 is 0 Å². The second-order valence-corrected chi connectivity index (χ2v) is 5.97. The fraction of sp³-hybridized carbons (Fsp3) is 0.588. The van der Waals surface area contributed by atoms with Crippen LogP contribution in [0.2, 0.25) is 0 Å². The standard InChI is InChI=1S/C17H24N2O2/c1-21-14-9-7-13(8-10-14)16-6-4-12-19(16)17(20)15-5-2-3-11-18-15/h7-10,15-16,18H,2-6,11-12H2,1H3. The maximum atomic E-state index is 12.7. The summed E-state index contributed by atoms with van der Waals surface area (Å²) in [6.07, 6.45) is 5.47. The van der Waals surface area contributed by atoms with E-state index in [1.807, 2.05) is 12.1 Å². The van der Waals surface area contributed by atoms with E-state index in [0.29, 0.717) is 0 Å². The van der Waals surface area contributed by atoms with Crippen LogP contribution in [0.4, 0.5) is 0 Å². The highest BCUT2D eigenvalue weighted by Gasteiger charge is 2.34. The summed E-state index contributed by atoms with van der Waals surface area (Å²) in [6.45, 7) is 1.85. The number of ether oxygens (including phenoxy) is 1. The number of nitrogens with zero attached hydrogens (tertiary/aromatic N) is 1. The van der Waals surface area contributed by atoms with E-state index in [1.54, 1.807) is 7.11 Å². The van der Waals surface area contributed by atoms with Crippen LogP contribution in [0.1, 0.15) is 43.7 Å². The van der Waals surface area contributed by atoms with Crippen LogP contribution in [0.3, 0.4) is 0 Å². The molecule has 0 saturated carbocycles. The number of carbonyl (C=O) groups excluding carboxylic acids is 1. The van der Waals surface area contributed by atoms with Crippen LogP contribution in [0.15, 0.2) is 24.3 Å². The Hall–Kier alpha value is -1.55. The second-order valence-electron chi connectivity index (χ2n) is 5.97. The Morgan fingerprint density at radius 3 is 2.67 bits per heavy atom. The van der Waals surface area contributed by atoms with Gasteiger partial charge in [-0.1, -0.05) is 18.6 Å². The molecule has 1 amide bonds. The summed E-state index contributed by atoms with van der Waals surface area (Å²) in [6, 6.07) is 8.39. The number of amides is 1. The van der Waals surface area contributed by atoms with Gasteiger partial charge in [-0.3, -0.25) is 4.79 Å². The van der Waals surface area contributed by atoms with E-state index in [0.717, 1.165) is 44.5 Å². The van der Waals surface area contributed by atoms with Gasteiger partial charge in [0.25, 0.3) is 0 Å². The van der Waals surface area contributed by atoms with Crippen molar-refractivity contribution < 1.29 is 9.53 Å². The lowest BCUT2D eigenvalue weighted by molar-refractivity contribution is -0.135. The molecule has 2 fully saturated rings. The molecule has 114 valence electrons. The topological polar surface area (TPSA) is 41.6 Å². The average Bonchev–Trinajstić information content (AvgIpc) is 3.04. The first-order chi connectivity index (χ1) is 10.3. The van der Waals surface area contributed by atoms with Crippen LogP contribution in [-0.4, -0.2) is 37.0 Å². The summed E-state index contributed by atoms with van der Waals surface area (Å²) in [5.74, 6) is 1.15. The van der Waals surface area contributed by atoms with Crippen LogP contribution in [-0.2, 0) is 4.79 Å². The van der Waals surface area contributed by atoms with Gasteiger partial charge in [0.15, 0.2) is 0 Å². The molecule has 0 spiro atoms. The second kappa shape index (κ2) is 6.48. The molecule has 0 aliphatic carbocycles. The summed E-state index contributed by atoms with van der Waals surface area (Å²) in [7, 11) is 1.68. The van der Waals surface area contributed by atoms with Gasteiger partial charge in [-0.2, -0.15) is 0 Å². The zero-order chi connectivity index (χ0) is 14.7. The molecule has 1 N–H and O–H groups in total. The third-order valence-corrected chi connectivity index (χ3v) is 4.64. The number of methoxy groups -OCH3 is 1. The Balaban J connectivity index is 1.73. The number of hydrogen-bond donors (Lipinski definition) is 1. The first-order valence-corrected chi connectivity index (χ1v) is 7.97. The van der Waals surface area contributed by atoms with Crippen molar-refractivity contribution in [3.63, 3.8) is 0 Å². The first kappa shape index (κ1) is 14.4. The summed E-state index contributed by atoms with van der Waals surface area (Å²) in [5.41, 5.74) is 1.22. The molecule has 2 aliphatic rings. The molecular formula is C17H24N2O2. The summed E-state index contributed by atoms with van der Waals surface area (Å²) < 4.78 is 5.21. The highest BCUT2D eigenvalue weighted by molar-refractivity contribution is 5.82. The van der Waals surface area contributed by atoms with E-state index in [9.17, 15) is 4.79 Å². The molecule has 2 atom stereocenters. The van der Waals surface area contributed by atoms with Crippen molar-refractivity contribution in [2.24, 2.45) is 0 Å². The Labute approximate surface area is 126 Å². The van der Waals surface area contributed by atoms with Gasteiger partial charge in [-0.25, -0.2) is 0 Å². The Kier molecular flexibility index (Phi) is 4.44. The zero-order valence-corrected chi connectivity index (χ0v) is 12.7. The van der Waals surface area contributed by atoms with E-state index in [4.69, 9.17) is 4.74 Å². The monoisotopic (exact) mass is 288 g/mol. The van der Waals surface area contributed by atoms with E-state index < -0.39 is 0 Å². The van der Waals surface area contributed by atoms with Crippen molar-refractivity contribution in [2.45, 2.75) is 44.2 Å². The number of hydrogen-bond acceptors (Lipinski definition) is 3. The maximum absolute atomic E-state index is 12.7. The normalized spacial score (nSPS) is 25.9. The number of rotatable bonds is 3. The molecule has 0 bridgehead atoms. The number of carbonyl (C=O) groups is 1. The molecule has 4 nitrogen and oxygen atoms in total. The Morgan fingerprint density at radius 1 is 1.19 bits per heavy atom. The SMILES string of the molecule is COc1ccc(C2CCCN2C(=O)C2CCCCN2)cc1. The van der Waals surface area contributed by atoms with Gasteiger partial charge in [-0.05, 0) is 49.9 Å². The van der Waals surface area contributed by atoms with Crippen LogP contribution in [0.25, 0.3) is 0 Å². The lowest BCUT2D eigenvalue weighted by atomic mass is 10.0. The molecule has 4 heteroatoms. The fourth-order valence-corrected chi connectivity index (χ4v) is 3.47. The number of benzene rings is 1. The molecule has 2 unspecified atom stereocenters. The third kappa shape index (κ3) is 3.05. The average molecular weight is 288 g/mol. The van der Waals surface area contributed by atoms with Gasteiger partial charge in [0.05, 0.1) is 19.2 Å². The minimum Gasteiger partial charge on any atom is -0.497 e. The van der Waals surface area contributed by atoms with Crippen LogP contribution in [0, 0.1) is 0 Å². The van der Waals surface area contributed by atoms with Crippen molar-refractivity contribution in [3.8, 4) is 5.75 Å². The summed E-state index contributed by atoms with van der Waals surface area (Å²) in [5, 5.41) is 3.37. The quantitative estimate of drug-likeness (QED) is 0.929. The molecule has 21 heavy (non-hydrogen) atoms. The molecule has 2 aliphatic heterocycles. The Bertz CT molecular complexity index is 480. The van der Waals surface area contributed by atoms with Gasteiger partial charge in [0.2, 0.25) is 5.91 Å². The first-order valence-electron chi connectivity index (χ1n) is 7.97. The molecule has 2 heterocycles. The van der Waals surface area contributed by atoms with Gasteiger partial charge < -0.3 is 15.0 Å². The lowest BCUT2D eigenvalue weighted by Crippen LogP contribution is -2.48. The molecule has 1 aromatic carbocycles. The van der Waals surface area contributed by atoms with Crippen molar-refractivity contribution >= 4 is 5.91 Å². The minimum absolute atomic E-state index is 0.0256. The largest absolute Gasteiger partial charge is 0.497 e. The van der Waals surface area contributed by atoms with E-state index in [1.165, 1.54) is 12.0 Å². The van der Waals surface area contributed by atoms with E-state index in [-0.39, 0.29) is 18.0 Å². The number of nitrogens with one attached hydrogen (secondary N) is 1. The van der Waals surface area contributed by atoms with Crippen molar-refractivity contribution in [3.05, 3.63) is 29.8 Å². The molecule has 0 radical (unpaired) electrons. The van der Waals surface area contributed by atoms with Crippen LogP contribution < -0.4 is 10.1 Å². The summed E-state index contributed by atoms with van der Waals surface area (Å²) >= 11 is 0. The molecule has 1 aromatic rings. The van der Waals surface area contributed by atoms with Gasteiger partial charge in [0.1, 0.15) is 5.75 Å². The highest BCUT2D eigenvalue weighted by atomic mass is 16.5. The predicted octanol–water partition coefficient (Wildman–Crippen LogP) is 2.50. The van der Waals surface area contributed by atoms with Crippen LogP contribution >= 0.6 is 0 Å². The fourth-order valence-electron chi connectivity index (χ4n) is 3.47. The Morgan fingerprint density at radius 2 is 2.00 bits per heavy atom.